The summed E-state index contributed by atoms with van der Waals surface area (Å²) in [6.45, 7) is 4.03. The lowest BCUT2D eigenvalue weighted by atomic mass is 10.1. The van der Waals surface area contributed by atoms with Crippen LogP contribution in [0.3, 0.4) is 0 Å². The molecule has 0 saturated carbocycles. The summed E-state index contributed by atoms with van der Waals surface area (Å²) in [6, 6.07) is 0. The first-order valence-corrected chi connectivity index (χ1v) is 5.72. The summed E-state index contributed by atoms with van der Waals surface area (Å²) in [5, 5.41) is 10.4. The predicted molar refractivity (Wildman–Crippen MR) is 66.7 cm³/mol. The van der Waals surface area contributed by atoms with Crippen LogP contribution in [0, 0.1) is 3.57 Å². The van der Waals surface area contributed by atoms with Gasteiger partial charge in [-0.05, 0) is 36.4 Å². The molecule has 0 aliphatic heterocycles. The van der Waals surface area contributed by atoms with Crippen molar-refractivity contribution in [3.63, 3.8) is 0 Å². The molecule has 2 rings (SSSR count). The summed E-state index contributed by atoms with van der Waals surface area (Å²) in [6.07, 6.45) is 5.33. The average molecular weight is 317 g/mol. The maximum atomic E-state index is 9.35. The van der Waals surface area contributed by atoms with Crippen LogP contribution in [-0.2, 0) is 5.54 Å². The molecular weight excluding hydrogens is 305 g/mol. The van der Waals surface area contributed by atoms with Crippen molar-refractivity contribution in [1.82, 2.24) is 14.5 Å². The van der Waals surface area contributed by atoms with Gasteiger partial charge in [-0.1, -0.05) is 0 Å². The van der Waals surface area contributed by atoms with Crippen LogP contribution in [0.4, 0.5) is 0 Å². The minimum atomic E-state index is -0.337. The zero-order valence-corrected chi connectivity index (χ0v) is 10.8. The number of rotatable bonds is 2. The fourth-order valence-electron chi connectivity index (χ4n) is 1.47. The van der Waals surface area contributed by atoms with Gasteiger partial charge in [0.1, 0.15) is 12.0 Å². The number of nitrogens with zero attached hydrogens (tertiary/aromatic N) is 3. The molecule has 5 heteroatoms. The highest BCUT2D eigenvalue weighted by molar-refractivity contribution is 14.1. The van der Waals surface area contributed by atoms with Crippen molar-refractivity contribution in [2.75, 3.05) is 6.61 Å². The standard InChI is InChI=1S/C10H12IN3O/c1-10(2,5-15)14-4-8(11)7-3-12-6-13-9(7)14/h3-4,6,15H,5H2,1-2H3. The molecule has 15 heavy (non-hydrogen) atoms. The van der Waals surface area contributed by atoms with E-state index in [0.29, 0.717) is 0 Å². The van der Waals surface area contributed by atoms with Crippen LogP contribution in [0.1, 0.15) is 13.8 Å². The lowest BCUT2D eigenvalue weighted by Gasteiger charge is -2.24. The Morgan fingerprint density at radius 1 is 1.53 bits per heavy atom. The minimum absolute atomic E-state index is 0.0802. The first kappa shape index (κ1) is 10.8. The van der Waals surface area contributed by atoms with E-state index in [9.17, 15) is 5.11 Å². The second-order valence-electron chi connectivity index (χ2n) is 4.08. The van der Waals surface area contributed by atoms with Gasteiger partial charge in [-0.2, -0.15) is 0 Å². The van der Waals surface area contributed by atoms with E-state index in [2.05, 4.69) is 32.6 Å². The van der Waals surface area contributed by atoms with Crippen molar-refractivity contribution in [2.45, 2.75) is 19.4 Å². The minimum Gasteiger partial charge on any atom is -0.394 e. The Bertz CT molecular complexity index is 492. The van der Waals surface area contributed by atoms with Crippen LogP contribution >= 0.6 is 22.6 Å². The van der Waals surface area contributed by atoms with Crippen LogP contribution in [0.5, 0.6) is 0 Å². The predicted octanol–water partition coefficient (Wildman–Crippen LogP) is 1.76. The van der Waals surface area contributed by atoms with Gasteiger partial charge in [0.2, 0.25) is 0 Å². The van der Waals surface area contributed by atoms with Crippen LogP contribution in [0.15, 0.2) is 18.7 Å². The molecule has 0 fully saturated rings. The van der Waals surface area contributed by atoms with Gasteiger partial charge in [-0.3, -0.25) is 0 Å². The molecule has 0 aliphatic rings. The van der Waals surface area contributed by atoms with Gasteiger partial charge < -0.3 is 9.67 Å². The molecule has 0 bridgehead atoms. The number of aliphatic hydroxyl groups excluding tert-OH is 1. The van der Waals surface area contributed by atoms with Crippen LogP contribution in [-0.4, -0.2) is 26.2 Å². The SMILES string of the molecule is CC(C)(CO)n1cc(I)c2cncnc21. The molecule has 2 aromatic rings. The summed E-state index contributed by atoms with van der Waals surface area (Å²) in [4.78, 5) is 8.26. The van der Waals surface area contributed by atoms with Crippen molar-refractivity contribution in [3.05, 3.63) is 22.3 Å². The Morgan fingerprint density at radius 3 is 2.93 bits per heavy atom. The molecule has 0 spiro atoms. The number of aromatic nitrogens is 3. The quantitative estimate of drug-likeness (QED) is 0.859. The highest BCUT2D eigenvalue weighted by Gasteiger charge is 2.22. The molecule has 0 saturated heterocycles. The van der Waals surface area contributed by atoms with E-state index < -0.39 is 0 Å². The Balaban J connectivity index is 2.72. The van der Waals surface area contributed by atoms with E-state index >= 15 is 0 Å². The Kier molecular flexibility index (Phi) is 2.68. The molecule has 0 radical (unpaired) electrons. The Morgan fingerprint density at radius 2 is 2.27 bits per heavy atom. The third-order valence-electron chi connectivity index (χ3n) is 2.46. The smallest absolute Gasteiger partial charge is 0.144 e. The van der Waals surface area contributed by atoms with E-state index in [1.807, 2.05) is 24.6 Å². The monoisotopic (exact) mass is 317 g/mol. The lowest BCUT2D eigenvalue weighted by molar-refractivity contribution is 0.168. The molecule has 4 nitrogen and oxygen atoms in total. The van der Waals surface area contributed by atoms with Crippen molar-refractivity contribution >= 4 is 33.6 Å². The molecule has 2 aromatic heterocycles. The summed E-state index contributed by atoms with van der Waals surface area (Å²) in [7, 11) is 0. The summed E-state index contributed by atoms with van der Waals surface area (Å²) < 4.78 is 3.09. The molecule has 0 unspecified atom stereocenters. The van der Waals surface area contributed by atoms with Crippen molar-refractivity contribution in [3.8, 4) is 0 Å². The van der Waals surface area contributed by atoms with Crippen molar-refractivity contribution < 1.29 is 5.11 Å². The Labute approximate surface area is 101 Å². The van der Waals surface area contributed by atoms with E-state index in [0.717, 1.165) is 14.6 Å². The highest BCUT2D eigenvalue weighted by Crippen LogP contribution is 2.26. The van der Waals surface area contributed by atoms with Crippen LogP contribution in [0.2, 0.25) is 0 Å². The van der Waals surface area contributed by atoms with E-state index in [1.165, 1.54) is 6.33 Å². The highest BCUT2D eigenvalue weighted by atomic mass is 127. The van der Waals surface area contributed by atoms with Crippen LogP contribution in [0.25, 0.3) is 11.0 Å². The molecule has 0 atom stereocenters. The lowest BCUT2D eigenvalue weighted by Crippen LogP contribution is -2.29. The van der Waals surface area contributed by atoms with Crippen molar-refractivity contribution in [1.29, 1.82) is 0 Å². The molecule has 0 amide bonds. The van der Waals surface area contributed by atoms with Gasteiger partial charge in [0.15, 0.2) is 0 Å². The fraction of sp³-hybridized carbons (Fsp3) is 0.400. The third-order valence-corrected chi connectivity index (χ3v) is 3.32. The maximum absolute atomic E-state index is 9.35. The summed E-state index contributed by atoms with van der Waals surface area (Å²) >= 11 is 2.25. The second kappa shape index (κ2) is 3.71. The number of hydrogen-bond acceptors (Lipinski definition) is 3. The van der Waals surface area contributed by atoms with Gasteiger partial charge in [0, 0.05) is 16.0 Å². The second-order valence-corrected chi connectivity index (χ2v) is 5.24. The van der Waals surface area contributed by atoms with Gasteiger partial charge in [-0.15, -0.1) is 0 Å². The van der Waals surface area contributed by atoms with Gasteiger partial charge in [-0.25, -0.2) is 9.97 Å². The summed E-state index contributed by atoms with van der Waals surface area (Å²) in [5.41, 5.74) is 0.532. The third kappa shape index (κ3) is 1.74. The van der Waals surface area contributed by atoms with Crippen LogP contribution < -0.4 is 0 Å². The number of fused-ring (bicyclic) bond motifs is 1. The maximum Gasteiger partial charge on any atom is 0.144 e. The Hall–Kier alpha value is -0.690. The number of hydrogen-bond donors (Lipinski definition) is 1. The molecule has 80 valence electrons. The molecule has 0 aromatic carbocycles. The average Bonchev–Trinajstić information content (AvgIpc) is 2.58. The number of halogens is 1. The fourth-order valence-corrected chi connectivity index (χ4v) is 2.12. The van der Waals surface area contributed by atoms with E-state index in [1.54, 1.807) is 6.20 Å². The zero-order valence-electron chi connectivity index (χ0n) is 8.61. The number of aliphatic hydroxyl groups is 1. The summed E-state index contributed by atoms with van der Waals surface area (Å²) in [5.74, 6) is 0. The zero-order chi connectivity index (χ0) is 11.1. The molecule has 2 heterocycles. The molecule has 0 aliphatic carbocycles. The normalized spacial score (nSPS) is 12.3. The van der Waals surface area contributed by atoms with Crippen molar-refractivity contribution in [2.24, 2.45) is 0 Å². The van der Waals surface area contributed by atoms with E-state index in [4.69, 9.17) is 0 Å². The molecule has 1 N–H and O–H groups in total. The van der Waals surface area contributed by atoms with Gasteiger partial charge in [0.05, 0.1) is 17.5 Å². The first-order chi connectivity index (χ1) is 7.06. The molecular formula is C10H12IN3O. The largest absolute Gasteiger partial charge is 0.394 e. The van der Waals surface area contributed by atoms with Gasteiger partial charge in [0.25, 0.3) is 0 Å². The topological polar surface area (TPSA) is 50.9 Å². The van der Waals surface area contributed by atoms with Gasteiger partial charge >= 0.3 is 0 Å². The first-order valence-electron chi connectivity index (χ1n) is 4.64. The van der Waals surface area contributed by atoms with E-state index in [-0.39, 0.29) is 12.1 Å².